The lowest BCUT2D eigenvalue weighted by Crippen LogP contribution is -2.53. The van der Waals surface area contributed by atoms with Gasteiger partial charge >= 0.3 is 0 Å². The van der Waals surface area contributed by atoms with Crippen molar-refractivity contribution in [1.82, 2.24) is 9.80 Å². The van der Waals surface area contributed by atoms with Crippen molar-refractivity contribution in [3.63, 3.8) is 0 Å². The molecule has 0 bridgehead atoms. The van der Waals surface area contributed by atoms with E-state index in [1.54, 1.807) is 0 Å². The van der Waals surface area contributed by atoms with Gasteiger partial charge in [0.1, 0.15) is 11.9 Å². The molecule has 2 saturated carbocycles. The van der Waals surface area contributed by atoms with Gasteiger partial charge in [-0.3, -0.25) is 9.59 Å². The Bertz CT molecular complexity index is 746. The zero-order valence-corrected chi connectivity index (χ0v) is 18.4. The SMILES string of the molecule is CCN1CCCCCN(C(=O)C2CCC2)[C@@H]2CCCC[C@@H]2Oc2ccccc2C1=O. The molecule has 1 aliphatic heterocycles. The fourth-order valence-corrected chi connectivity index (χ4v) is 5.14. The first-order valence-corrected chi connectivity index (χ1v) is 12.0. The standard InChI is InChI=1S/C25H36N2O3/c1-2-26-17-8-3-9-18-27(24(28)19-11-10-12-19)21-14-5-7-16-23(21)30-22-15-6-4-13-20(22)25(26)29/h4,6,13,15,19,21,23H,2-3,5,7-12,14,16-18H2,1H3/t21-,23+/m1/s1. The number of nitrogens with zero attached hydrogens (tertiary/aromatic N) is 2. The molecule has 2 amide bonds. The van der Waals surface area contributed by atoms with Crippen LogP contribution >= 0.6 is 0 Å². The maximum atomic E-state index is 13.3. The second kappa shape index (κ2) is 9.84. The number of ether oxygens (including phenoxy) is 1. The molecule has 5 heteroatoms. The van der Waals surface area contributed by atoms with E-state index in [0.29, 0.717) is 23.8 Å². The first-order chi connectivity index (χ1) is 14.7. The van der Waals surface area contributed by atoms with Gasteiger partial charge in [-0.2, -0.15) is 0 Å². The number of carbonyl (C=O) groups is 2. The molecule has 0 saturated heterocycles. The summed E-state index contributed by atoms with van der Waals surface area (Å²) in [5, 5.41) is 0. The molecule has 2 fully saturated rings. The van der Waals surface area contributed by atoms with Gasteiger partial charge in [0.25, 0.3) is 5.91 Å². The van der Waals surface area contributed by atoms with E-state index in [-0.39, 0.29) is 24.0 Å². The van der Waals surface area contributed by atoms with Gasteiger partial charge in [0.2, 0.25) is 5.91 Å². The highest BCUT2D eigenvalue weighted by molar-refractivity contribution is 5.97. The molecule has 30 heavy (non-hydrogen) atoms. The van der Waals surface area contributed by atoms with Gasteiger partial charge in [0, 0.05) is 25.6 Å². The maximum absolute atomic E-state index is 13.3. The van der Waals surface area contributed by atoms with Crippen LogP contribution in [0.1, 0.15) is 81.5 Å². The van der Waals surface area contributed by atoms with Crippen LogP contribution in [-0.4, -0.2) is 53.4 Å². The molecular weight excluding hydrogens is 376 g/mol. The van der Waals surface area contributed by atoms with E-state index < -0.39 is 0 Å². The quantitative estimate of drug-likeness (QED) is 0.710. The molecule has 0 radical (unpaired) electrons. The Morgan fingerprint density at radius 2 is 1.73 bits per heavy atom. The van der Waals surface area contributed by atoms with Gasteiger partial charge in [-0.25, -0.2) is 0 Å². The molecule has 2 atom stereocenters. The van der Waals surface area contributed by atoms with Crippen molar-refractivity contribution in [2.45, 2.75) is 83.3 Å². The van der Waals surface area contributed by atoms with E-state index in [0.717, 1.165) is 70.9 Å². The van der Waals surface area contributed by atoms with Crippen molar-refractivity contribution >= 4 is 11.8 Å². The molecule has 3 aliphatic rings. The summed E-state index contributed by atoms with van der Waals surface area (Å²) in [4.78, 5) is 30.6. The lowest BCUT2D eigenvalue weighted by Gasteiger charge is -2.42. The van der Waals surface area contributed by atoms with E-state index in [1.807, 2.05) is 36.1 Å². The molecule has 1 heterocycles. The summed E-state index contributed by atoms with van der Waals surface area (Å²) in [7, 11) is 0. The lowest BCUT2D eigenvalue weighted by molar-refractivity contribution is -0.144. The summed E-state index contributed by atoms with van der Waals surface area (Å²) < 4.78 is 6.55. The number of hydrogen-bond acceptors (Lipinski definition) is 3. The number of hydrogen-bond donors (Lipinski definition) is 0. The highest BCUT2D eigenvalue weighted by Gasteiger charge is 2.38. The Hall–Kier alpha value is -2.04. The maximum Gasteiger partial charge on any atom is 0.257 e. The van der Waals surface area contributed by atoms with Crippen LogP contribution in [0.2, 0.25) is 0 Å². The van der Waals surface area contributed by atoms with E-state index in [1.165, 1.54) is 6.42 Å². The number of rotatable bonds is 2. The van der Waals surface area contributed by atoms with E-state index in [4.69, 9.17) is 4.74 Å². The molecule has 0 N–H and O–H groups in total. The molecule has 1 aromatic rings. The van der Waals surface area contributed by atoms with Crippen LogP contribution in [0.3, 0.4) is 0 Å². The summed E-state index contributed by atoms with van der Waals surface area (Å²) in [6, 6.07) is 7.78. The van der Waals surface area contributed by atoms with Crippen LogP contribution in [0.5, 0.6) is 5.75 Å². The third-order valence-electron chi connectivity index (χ3n) is 7.20. The molecule has 5 nitrogen and oxygen atoms in total. The van der Waals surface area contributed by atoms with Gasteiger partial charge in [-0.05, 0) is 70.4 Å². The van der Waals surface area contributed by atoms with Gasteiger partial charge in [-0.15, -0.1) is 0 Å². The second-order valence-electron chi connectivity index (χ2n) is 9.11. The van der Waals surface area contributed by atoms with Gasteiger partial charge in [0.05, 0.1) is 11.6 Å². The summed E-state index contributed by atoms with van der Waals surface area (Å²) in [6.07, 6.45) is 10.4. The summed E-state index contributed by atoms with van der Waals surface area (Å²) in [5.74, 6) is 1.29. The monoisotopic (exact) mass is 412 g/mol. The number of amides is 2. The van der Waals surface area contributed by atoms with Crippen molar-refractivity contribution in [2.24, 2.45) is 5.92 Å². The fourth-order valence-electron chi connectivity index (χ4n) is 5.14. The highest BCUT2D eigenvalue weighted by atomic mass is 16.5. The summed E-state index contributed by atoms with van der Waals surface area (Å²) in [6.45, 7) is 4.32. The molecular formula is C25H36N2O3. The van der Waals surface area contributed by atoms with Crippen molar-refractivity contribution in [3.8, 4) is 5.75 Å². The Balaban J connectivity index is 1.65. The zero-order chi connectivity index (χ0) is 20.9. The highest BCUT2D eigenvalue weighted by Crippen LogP contribution is 2.34. The average molecular weight is 413 g/mol. The van der Waals surface area contributed by atoms with Crippen molar-refractivity contribution in [2.75, 3.05) is 19.6 Å². The minimum Gasteiger partial charge on any atom is -0.487 e. The van der Waals surface area contributed by atoms with Crippen LogP contribution in [0.25, 0.3) is 0 Å². The molecule has 4 rings (SSSR count). The van der Waals surface area contributed by atoms with Gasteiger partial charge in [-0.1, -0.05) is 25.0 Å². The Morgan fingerprint density at radius 3 is 2.50 bits per heavy atom. The zero-order valence-electron chi connectivity index (χ0n) is 18.4. The fraction of sp³-hybridized carbons (Fsp3) is 0.680. The third kappa shape index (κ3) is 4.50. The van der Waals surface area contributed by atoms with Crippen LogP contribution in [0, 0.1) is 5.92 Å². The van der Waals surface area contributed by atoms with Gasteiger partial charge in [0.15, 0.2) is 0 Å². The van der Waals surface area contributed by atoms with Crippen molar-refractivity contribution in [1.29, 1.82) is 0 Å². The first kappa shape index (κ1) is 21.2. The minimum atomic E-state index is -0.0347. The topological polar surface area (TPSA) is 49.9 Å². The Kier molecular flexibility index (Phi) is 6.96. The molecule has 2 aliphatic carbocycles. The molecule has 0 unspecified atom stereocenters. The molecule has 0 spiro atoms. The van der Waals surface area contributed by atoms with Crippen LogP contribution < -0.4 is 4.74 Å². The lowest BCUT2D eigenvalue weighted by atomic mass is 9.82. The molecule has 0 aromatic heterocycles. The van der Waals surface area contributed by atoms with Crippen LogP contribution in [-0.2, 0) is 4.79 Å². The first-order valence-electron chi connectivity index (χ1n) is 12.0. The Morgan fingerprint density at radius 1 is 0.967 bits per heavy atom. The van der Waals surface area contributed by atoms with Crippen molar-refractivity contribution < 1.29 is 14.3 Å². The van der Waals surface area contributed by atoms with E-state index in [2.05, 4.69) is 4.90 Å². The predicted octanol–water partition coefficient (Wildman–Crippen LogP) is 4.65. The van der Waals surface area contributed by atoms with Crippen LogP contribution in [0.4, 0.5) is 0 Å². The average Bonchev–Trinajstić information content (AvgIpc) is 2.73. The van der Waals surface area contributed by atoms with Crippen LogP contribution in [0.15, 0.2) is 24.3 Å². The summed E-state index contributed by atoms with van der Waals surface area (Å²) in [5.41, 5.74) is 0.653. The normalized spacial score (nSPS) is 26.2. The number of fused-ring (bicyclic) bond motifs is 2. The third-order valence-corrected chi connectivity index (χ3v) is 7.20. The van der Waals surface area contributed by atoms with Crippen molar-refractivity contribution in [3.05, 3.63) is 29.8 Å². The molecule has 1 aromatic carbocycles. The largest absolute Gasteiger partial charge is 0.487 e. The van der Waals surface area contributed by atoms with E-state index >= 15 is 0 Å². The van der Waals surface area contributed by atoms with E-state index in [9.17, 15) is 9.59 Å². The number of para-hydroxylation sites is 1. The number of benzene rings is 1. The predicted molar refractivity (Wildman–Crippen MR) is 118 cm³/mol. The Labute approximate surface area is 180 Å². The minimum absolute atomic E-state index is 0.0347. The van der Waals surface area contributed by atoms with Gasteiger partial charge < -0.3 is 14.5 Å². The number of carbonyl (C=O) groups excluding carboxylic acids is 2. The molecule has 164 valence electrons. The smallest absolute Gasteiger partial charge is 0.257 e. The second-order valence-corrected chi connectivity index (χ2v) is 9.11. The summed E-state index contributed by atoms with van der Waals surface area (Å²) >= 11 is 0.